The highest BCUT2D eigenvalue weighted by Crippen LogP contribution is 2.16. The van der Waals surface area contributed by atoms with Gasteiger partial charge in [0, 0.05) is 18.2 Å². The van der Waals surface area contributed by atoms with Crippen LogP contribution in [0.4, 0.5) is 0 Å². The topological polar surface area (TPSA) is 31.7 Å². The first-order chi connectivity index (χ1) is 9.38. The first-order valence-corrected chi connectivity index (χ1v) is 7.53. The molecule has 1 aromatic heterocycles. The average Bonchev–Trinajstić information content (AvgIpc) is 2.66. The van der Waals surface area contributed by atoms with Gasteiger partial charge in [-0.05, 0) is 53.6 Å². The number of rotatable bonds is 9. The molecule has 4 heteroatoms. The lowest BCUT2D eigenvalue weighted by Crippen LogP contribution is -2.23. The molecule has 0 fully saturated rings. The van der Waals surface area contributed by atoms with E-state index in [1.165, 1.54) is 12.0 Å². The Bertz CT molecular complexity index is 385. The van der Waals surface area contributed by atoms with Crippen molar-refractivity contribution in [2.75, 3.05) is 34.2 Å². The van der Waals surface area contributed by atoms with E-state index >= 15 is 0 Å². The molecular formula is C16H31N3O. The summed E-state index contributed by atoms with van der Waals surface area (Å²) in [6.07, 6.45) is 1.19. The number of aryl methyl sites for hydroxylation is 1. The highest BCUT2D eigenvalue weighted by atomic mass is 16.3. The summed E-state index contributed by atoms with van der Waals surface area (Å²) in [6.45, 7) is 10.4. The summed E-state index contributed by atoms with van der Waals surface area (Å²) in [5, 5.41) is 3.44. The van der Waals surface area contributed by atoms with Crippen LogP contribution in [0.3, 0.4) is 0 Å². The lowest BCUT2D eigenvalue weighted by molar-refractivity contribution is 0.271. The van der Waals surface area contributed by atoms with Gasteiger partial charge in [0.25, 0.3) is 0 Å². The Balaban J connectivity index is 2.41. The maximum atomic E-state index is 5.85. The maximum absolute atomic E-state index is 5.85. The number of hydrogen-bond donors (Lipinski definition) is 1. The van der Waals surface area contributed by atoms with Gasteiger partial charge in [0.05, 0.1) is 6.54 Å². The zero-order valence-corrected chi connectivity index (χ0v) is 14.0. The van der Waals surface area contributed by atoms with Crippen molar-refractivity contribution in [2.24, 2.45) is 0 Å². The van der Waals surface area contributed by atoms with Gasteiger partial charge in [0.15, 0.2) is 0 Å². The minimum Gasteiger partial charge on any atom is -0.465 e. The van der Waals surface area contributed by atoms with Gasteiger partial charge in [-0.1, -0.05) is 13.8 Å². The monoisotopic (exact) mass is 281 g/mol. The summed E-state index contributed by atoms with van der Waals surface area (Å²) in [4.78, 5) is 4.54. The fourth-order valence-corrected chi connectivity index (χ4v) is 2.16. The van der Waals surface area contributed by atoms with Gasteiger partial charge in [0.1, 0.15) is 11.5 Å². The molecule has 0 unspecified atom stereocenters. The highest BCUT2D eigenvalue weighted by molar-refractivity contribution is 5.20. The lowest BCUT2D eigenvalue weighted by atomic mass is 10.2. The third kappa shape index (κ3) is 6.55. The van der Waals surface area contributed by atoms with Crippen LogP contribution >= 0.6 is 0 Å². The normalized spacial score (nSPS) is 12.1. The Kier molecular flexibility index (Phi) is 7.27. The number of nitrogens with zero attached hydrogens (tertiary/aromatic N) is 2. The summed E-state index contributed by atoms with van der Waals surface area (Å²) >= 11 is 0. The van der Waals surface area contributed by atoms with E-state index in [9.17, 15) is 0 Å². The molecule has 0 atom stereocenters. The van der Waals surface area contributed by atoms with Gasteiger partial charge in [-0.25, -0.2) is 0 Å². The Labute approximate surface area is 124 Å². The predicted molar refractivity (Wildman–Crippen MR) is 84.9 cm³/mol. The minimum absolute atomic E-state index is 0.501. The van der Waals surface area contributed by atoms with Crippen molar-refractivity contribution in [1.82, 2.24) is 15.1 Å². The van der Waals surface area contributed by atoms with Gasteiger partial charge in [-0.3, -0.25) is 4.90 Å². The van der Waals surface area contributed by atoms with Crippen molar-refractivity contribution >= 4 is 0 Å². The Hall–Kier alpha value is -0.840. The highest BCUT2D eigenvalue weighted by Gasteiger charge is 2.09. The standard InChI is InChI=1S/C16H31N3O/c1-13(2)17-11-15-10-16(20-14(15)3)12-19(6)9-7-8-18(4)5/h10,13,17H,7-9,11-12H2,1-6H3. The molecule has 0 aliphatic rings. The average molecular weight is 281 g/mol. The Morgan fingerprint density at radius 3 is 2.50 bits per heavy atom. The van der Waals surface area contributed by atoms with E-state index in [1.54, 1.807) is 0 Å². The fraction of sp³-hybridized carbons (Fsp3) is 0.750. The summed E-state index contributed by atoms with van der Waals surface area (Å²) in [5.41, 5.74) is 1.27. The molecular weight excluding hydrogens is 250 g/mol. The van der Waals surface area contributed by atoms with E-state index in [4.69, 9.17) is 4.42 Å². The second-order valence-electron chi connectivity index (χ2n) is 6.22. The van der Waals surface area contributed by atoms with Crippen LogP contribution in [-0.4, -0.2) is 50.1 Å². The van der Waals surface area contributed by atoms with E-state index < -0.39 is 0 Å². The summed E-state index contributed by atoms with van der Waals surface area (Å²) in [5.74, 6) is 2.10. The van der Waals surface area contributed by atoms with Crippen molar-refractivity contribution in [3.8, 4) is 0 Å². The second kappa shape index (κ2) is 8.45. The van der Waals surface area contributed by atoms with Gasteiger partial charge in [0.2, 0.25) is 0 Å². The second-order valence-corrected chi connectivity index (χ2v) is 6.22. The van der Waals surface area contributed by atoms with Crippen molar-refractivity contribution < 1.29 is 4.42 Å². The molecule has 20 heavy (non-hydrogen) atoms. The van der Waals surface area contributed by atoms with Crippen LogP contribution in [0.5, 0.6) is 0 Å². The van der Waals surface area contributed by atoms with Gasteiger partial charge < -0.3 is 14.6 Å². The van der Waals surface area contributed by atoms with Crippen molar-refractivity contribution in [1.29, 1.82) is 0 Å². The molecule has 0 saturated carbocycles. The van der Waals surface area contributed by atoms with E-state index in [-0.39, 0.29) is 0 Å². The first kappa shape index (κ1) is 17.2. The smallest absolute Gasteiger partial charge is 0.118 e. The van der Waals surface area contributed by atoms with Crippen LogP contribution in [0.25, 0.3) is 0 Å². The molecule has 0 spiro atoms. The summed E-state index contributed by atoms with van der Waals surface area (Å²) in [7, 11) is 6.38. The SMILES string of the molecule is Cc1oc(CN(C)CCCN(C)C)cc1CNC(C)C. The fourth-order valence-electron chi connectivity index (χ4n) is 2.16. The third-order valence-corrected chi connectivity index (χ3v) is 3.34. The molecule has 1 rings (SSSR count). The molecule has 116 valence electrons. The quantitative estimate of drug-likeness (QED) is 0.753. The summed E-state index contributed by atoms with van der Waals surface area (Å²) in [6, 6.07) is 2.69. The number of nitrogens with one attached hydrogen (secondary N) is 1. The predicted octanol–water partition coefficient (Wildman–Crippen LogP) is 2.47. The van der Waals surface area contributed by atoms with Gasteiger partial charge in [-0.15, -0.1) is 0 Å². The third-order valence-electron chi connectivity index (χ3n) is 3.34. The van der Waals surface area contributed by atoms with Crippen molar-refractivity contribution in [3.63, 3.8) is 0 Å². The zero-order valence-electron chi connectivity index (χ0n) is 14.0. The molecule has 4 nitrogen and oxygen atoms in total. The first-order valence-electron chi connectivity index (χ1n) is 7.53. The van der Waals surface area contributed by atoms with Crippen LogP contribution in [0.1, 0.15) is 37.4 Å². The molecule has 0 aromatic carbocycles. The molecule has 0 aliphatic heterocycles. The van der Waals surface area contributed by atoms with Crippen LogP contribution in [-0.2, 0) is 13.1 Å². The van der Waals surface area contributed by atoms with Crippen LogP contribution < -0.4 is 5.32 Å². The van der Waals surface area contributed by atoms with Crippen LogP contribution in [0.2, 0.25) is 0 Å². The summed E-state index contributed by atoms with van der Waals surface area (Å²) < 4.78 is 5.85. The van der Waals surface area contributed by atoms with E-state index in [2.05, 4.69) is 56.2 Å². The van der Waals surface area contributed by atoms with Gasteiger partial charge in [-0.2, -0.15) is 0 Å². The van der Waals surface area contributed by atoms with Crippen molar-refractivity contribution in [2.45, 2.75) is 46.3 Å². The molecule has 0 saturated heterocycles. The zero-order chi connectivity index (χ0) is 15.1. The van der Waals surface area contributed by atoms with Crippen LogP contribution in [0, 0.1) is 6.92 Å². The Morgan fingerprint density at radius 2 is 1.90 bits per heavy atom. The van der Waals surface area contributed by atoms with E-state index in [0.29, 0.717) is 6.04 Å². The molecule has 0 radical (unpaired) electrons. The largest absolute Gasteiger partial charge is 0.465 e. The molecule has 0 aliphatic carbocycles. The minimum atomic E-state index is 0.501. The van der Waals surface area contributed by atoms with Crippen molar-refractivity contribution in [3.05, 3.63) is 23.2 Å². The van der Waals surface area contributed by atoms with Crippen LogP contribution in [0.15, 0.2) is 10.5 Å². The molecule has 0 bridgehead atoms. The number of hydrogen-bond acceptors (Lipinski definition) is 4. The molecule has 0 amide bonds. The number of furan rings is 1. The van der Waals surface area contributed by atoms with Gasteiger partial charge >= 0.3 is 0 Å². The van der Waals surface area contributed by atoms with E-state index in [0.717, 1.165) is 37.7 Å². The lowest BCUT2D eigenvalue weighted by Gasteiger charge is -2.16. The Morgan fingerprint density at radius 1 is 1.20 bits per heavy atom. The maximum Gasteiger partial charge on any atom is 0.118 e. The molecule has 1 aromatic rings. The molecule has 1 N–H and O–H groups in total. The molecule has 1 heterocycles. The van der Waals surface area contributed by atoms with E-state index in [1.807, 2.05) is 6.92 Å².